The molecule has 1 heterocycles. The fraction of sp³-hybridized carbons (Fsp3) is 0.636. The van der Waals surface area contributed by atoms with Crippen molar-refractivity contribution in [1.29, 1.82) is 0 Å². The maximum atomic E-state index is 11.8. The molecular formula is C11H14O5. The zero-order valence-corrected chi connectivity index (χ0v) is 9.08. The molecule has 5 heteroatoms. The molecule has 2 rings (SSSR count). The van der Waals surface area contributed by atoms with Crippen LogP contribution in [0.4, 0.5) is 0 Å². The molecule has 2 aliphatic rings. The third-order valence-corrected chi connectivity index (χ3v) is 3.61. The van der Waals surface area contributed by atoms with E-state index < -0.39 is 41.4 Å². The Morgan fingerprint density at radius 2 is 1.94 bits per heavy atom. The highest BCUT2D eigenvalue weighted by molar-refractivity contribution is 6.00. The number of aliphatic hydroxyl groups excluding tert-OH is 2. The van der Waals surface area contributed by atoms with Crippen LogP contribution < -0.4 is 0 Å². The lowest BCUT2D eigenvalue weighted by molar-refractivity contribution is -0.163. The molecule has 0 unspecified atom stereocenters. The van der Waals surface area contributed by atoms with Crippen LogP contribution in [-0.2, 0) is 14.3 Å². The number of rotatable bonds is 0. The number of esters is 1. The highest BCUT2D eigenvalue weighted by Crippen LogP contribution is 2.46. The molecule has 1 aliphatic heterocycles. The lowest BCUT2D eigenvalue weighted by Gasteiger charge is -2.38. The highest BCUT2D eigenvalue weighted by Gasteiger charge is 2.64. The average Bonchev–Trinajstić information content (AvgIpc) is 2.45. The van der Waals surface area contributed by atoms with Crippen molar-refractivity contribution in [3.05, 3.63) is 12.2 Å². The Labute approximate surface area is 92.7 Å². The normalized spacial score (nSPS) is 47.5. The molecule has 1 saturated heterocycles. The van der Waals surface area contributed by atoms with Gasteiger partial charge in [-0.3, -0.25) is 9.59 Å². The first kappa shape index (κ1) is 11.3. The Hall–Kier alpha value is -1.20. The third kappa shape index (κ3) is 1.13. The topological polar surface area (TPSA) is 83.8 Å². The predicted molar refractivity (Wildman–Crippen MR) is 53.3 cm³/mol. The molecule has 1 aliphatic carbocycles. The number of ketones is 1. The maximum Gasteiger partial charge on any atom is 0.318 e. The van der Waals surface area contributed by atoms with Crippen LogP contribution in [0.5, 0.6) is 0 Å². The molecule has 16 heavy (non-hydrogen) atoms. The summed E-state index contributed by atoms with van der Waals surface area (Å²) in [5, 5.41) is 19.9. The van der Waals surface area contributed by atoms with Gasteiger partial charge in [0.05, 0.1) is 0 Å². The molecule has 2 N–H and O–H groups in total. The number of aliphatic hydroxyl groups is 2. The van der Waals surface area contributed by atoms with Crippen LogP contribution in [0.2, 0.25) is 0 Å². The molecule has 1 spiro atoms. The second kappa shape index (κ2) is 3.40. The van der Waals surface area contributed by atoms with Crippen molar-refractivity contribution in [1.82, 2.24) is 0 Å². The first-order chi connectivity index (χ1) is 7.42. The Kier molecular flexibility index (Phi) is 2.40. The van der Waals surface area contributed by atoms with Gasteiger partial charge in [-0.25, -0.2) is 0 Å². The van der Waals surface area contributed by atoms with Crippen LogP contribution in [0, 0.1) is 11.3 Å². The van der Waals surface area contributed by atoms with E-state index in [0.29, 0.717) is 0 Å². The highest BCUT2D eigenvalue weighted by atomic mass is 16.6. The fourth-order valence-corrected chi connectivity index (χ4v) is 2.55. The second-order valence-electron chi connectivity index (χ2n) is 4.44. The average molecular weight is 226 g/mol. The molecule has 0 aromatic rings. The molecule has 0 aromatic heterocycles. The van der Waals surface area contributed by atoms with Crippen LogP contribution in [-0.4, -0.2) is 40.3 Å². The van der Waals surface area contributed by atoms with Gasteiger partial charge in [-0.2, -0.15) is 0 Å². The third-order valence-electron chi connectivity index (χ3n) is 3.61. The van der Waals surface area contributed by atoms with Crippen LogP contribution in [0.1, 0.15) is 13.8 Å². The van der Waals surface area contributed by atoms with Crippen molar-refractivity contribution in [3.63, 3.8) is 0 Å². The Balaban J connectivity index is 2.54. The van der Waals surface area contributed by atoms with Gasteiger partial charge in [0.1, 0.15) is 23.7 Å². The summed E-state index contributed by atoms with van der Waals surface area (Å²) in [7, 11) is 0. The minimum atomic E-state index is -1.54. The van der Waals surface area contributed by atoms with E-state index in [1.807, 2.05) is 0 Å². The number of hydrogen-bond donors (Lipinski definition) is 2. The minimum absolute atomic E-state index is 0.437. The quantitative estimate of drug-likeness (QED) is 0.540. The summed E-state index contributed by atoms with van der Waals surface area (Å²) in [4.78, 5) is 23.3. The number of carbonyl (C=O) groups excluding carboxylic acids is 2. The first-order valence-electron chi connectivity index (χ1n) is 5.21. The van der Waals surface area contributed by atoms with Crippen LogP contribution in [0.15, 0.2) is 12.2 Å². The number of cyclic esters (lactones) is 1. The molecule has 0 radical (unpaired) electrons. The molecular weight excluding hydrogens is 212 g/mol. The SMILES string of the molecule is C[C@@H]1C=CC(=O)[C@@H](O)[C@]12C(=O)O[C@H](C)[C@@H]2O. The molecule has 0 amide bonds. The largest absolute Gasteiger partial charge is 0.459 e. The van der Waals surface area contributed by atoms with Crippen molar-refractivity contribution in [2.75, 3.05) is 0 Å². The van der Waals surface area contributed by atoms with Crippen LogP contribution in [0.25, 0.3) is 0 Å². The Morgan fingerprint density at radius 1 is 1.31 bits per heavy atom. The molecule has 0 aromatic carbocycles. The summed E-state index contributed by atoms with van der Waals surface area (Å²) < 4.78 is 4.92. The Morgan fingerprint density at radius 3 is 2.44 bits per heavy atom. The van der Waals surface area contributed by atoms with Gasteiger partial charge < -0.3 is 14.9 Å². The van der Waals surface area contributed by atoms with Gasteiger partial charge in [0.15, 0.2) is 5.78 Å². The minimum Gasteiger partial charge on any atom is -0.459 e. The van der Waals surface area contributed by atoms with Crippen molar-refractivity contribution < 1.29 is 24.5 Å². The van der Waals surface area contributed by atoms with Gasteiger partial charge in [-0.05, 0) is 18.9 Å². The smallest absolute Gasteiger partial charge is 0.318 e. The first-order valence-corrected chi connectivity index (χ1v) is 5.21. The van der Waals surface area contributed by atoms with Crippen molar-refractivity contribution in [2.24, 2.45) is 11.3 Å². The predicted octanol–water partition coefficient (Wildman–Crippen LogP) is -0.585. The standard InChI is InChI=1S/C11H14O5/c1-5-3-4-7(12)9(14)11(5)8(13)6(2)16-10(11)15/h3-6,8-9,13-14H,1-2H3/t5-,6-,8+,9-,11+/m1/s1. The molecule has 1 fully saturated rings. The van der Waals surface area contributed by atoms with Gasteiger partial charge >= 0.3 is 5.97 Å². The lowest BCUT2D eigenvalue weighted by atomic mass is 9.64. The summed E-state index contributed by atoms with van der Waals surface area (Å²) in [6.07, 6.45) is -0.635. The van der Waals surface area contributed by atoms with Gasteiger partial charge in [0.25, 0.3) is 0 Å². The van der Waals surface area contributed by atoms with Crippen molar-refractivity contribution >= 4 is 11.8 Å². The number of ether oxygens (including phenoxy) is 1. The number of allylic oxidation sites excluding steroid dienone is 1. The van der Waals surface area contributed by atoms with Crippen molar-refractivity contribution in [3.8, 4) is 0 Å². The summed E-state index contributed by atoms with van der Waals surface area (Å²) >= 11 is 0. The monoisotopic (exact) mass is 226 g/mol. The van der Waals surface area contributed by atoms with Crippen molar-refractivity contribution in [2.45, 2.75) is 32.2 Å². The molecule has 0 saturated carbocycles. The summed E-state index contributed by atoms with van der Waals surface area (Å²) in [6, 6.07) is 0. The molecule has 0 bridgehead atoms. The van der Waals surface area contributed by atoms with E-state index in [-0.39, 0.29) is 0 Å². The van der Waals surface area contributed by atoms with E-state index in [2.05, 4.69) is 0 Å². The maximum absolute atomic E-state index is 11.8. The number of carbonyl (C=O) groups is 2. The Bertz CT molecular complexity index is 375. The van der Waals surface area contributed by atoms with Crippen LogP contribution in [0.3, 0.4) is 0 Å². The van der Waals surface area contributed by atoms with Crippen LogP contribution >= 0.6 is 0 Å². The molecule has 5 nitrogen and oxygen atoms in total. The van der Waals surface area contributed by atoms with E-state index >= 15 is 0 Å². The lowest BCUT2D eigenvalue weighted by Crippen LogP contribution is -2.56. The van der Waals surface area contributed by atoms with E-state index in [9.17, 15) is 19.8 Å². The zero-order valence-electron chi connectivity index (χ0n) is 9.08. The summed E-state index contributed by atoms with van der Waals surface area (Å²) in [5.74, 6) is -1.71. The van der Waals surface area contributed by atoms with Gasteiger partial charge in [-0.15, -0.1) is 0 Å². The summed E-state index contributed by atoms with van der Waals surface area (Å²) in [6.45, 7) is 3.22. The van der Waals surface area contributed by atoms with E-state index in [0.717, 1.165) is 0 Å². The second-order valence-corrected chi connectivity index (χ2v) is 4.44. The van der Waals surface area contributed by atoms with Gasteiger partial charge in [0, 0.05) is 0 Å². The number of hydrogen-bond acceptors (Lipinski definition) is 5. The fourth-order valence-electron chi connectivity index (χ4n) is 2.55. The molecule has 5 atom stereocenters. The van der Waals surface area contributed by atoms with E-state index in [4.69, 9.17) is 4.74 Å². The van der Waals surface area contributed by atoms with Gasteiger partial charge in [-0.1, -0.05) is 13.0 Å². The van der Waals surface area contributed by atoms with E-state index in [1.54, 1.807) is 13.8 Å². The zero-order chi connectivity index (χ0) is 12.1. The molecule has 88 valence electrons. The van der Waals surface area contributed by atoms with Gasteiger partial charge in [0.2, 0.25) is 0 Å². The summed E-state index contributed by atoms with van der Waals surface area (Å²) in [5.41, 5.74) is -1.54. The van der Waals surface area contributed by atoms with E-state index in [1.165, 1.54) is 12.2 Å².